The molecule has 3 heterocycles. The van der Waals surface area contributed by atoms with Gasteiger partial charge in [-0.05, 0) is 94.7 Å². The summed E-state index contributed by atoms with van der Waals surface area (Å²) in [5.74, 6) is 0.942. The van der Waals surface area contributed by atoms with E-state index < -0.39 is 0 Å². The second-order valence-corrected chi connectivity index (χ2v) is 14.4. The fraction of sp³-hybridized carbons (Fsp3) is 0. The molecule has 12 aromatic rings. The molecule has 0 bridgehead atoms. The Labute approximate surface area is 316 Å². The van der Waals surface area contributed by atoms with Crippen molar-refractivity contribution in [3.63, 3.8) is 0 Å². The van der Waals surface area contributed by atoms with Crippen LogP contribution in [0.2, 0.25) is 0 Å². The molecular formula is C51H32N4. The van der Waals surface area contributed by atoms with Gasteiger partial charge in [-0.2, -0.15) is 0 Å². The maximum Gasteiger partial charge on any atom is 0.145 e. The molecule has 0 amide bonds. The first kappa shape index (κ1) is 30.1. The summed E-state index contributed by atoms with van der Waals surface area (Å²) in [7, 11) is 0. The highest BCUT2D eigenvalue weighted by Crippen LogP contribution is 2.44. The average Bonchev–Trinajstić information content (AvgIpc) is 3.92. The molecule has 0 atom stereocenters. The third kappa shape index (κ3) is 4.37. The molecule has 0 unspecified atom stereocenters. The fourth-order valence-corrected chi connectivity index (χ4v) is 9.03. The fourth-order valence-electron chi connectivity index (χ4n) is 9.03. The Morgan fingerprint density at radius 1 is 0.327 bits per heavy atom. The van der Waals surface area contributed by atoms with Gasteiger partial charge in [0.05, 0.1) is 33.1 Å². The van der Waals surface area contributed by atoms with Crippen LogP contribution in [0.25, 0.3) is 105 Å². The molecule has 0 aliphatic carbocycles. The molecule has 0 saturated heterocycles. The number of hydrogen-bond acceptors (Lipinski definition) is 1. The first-order chi connectivity index (χ1) is 27.3. The van der Waals surface area contributed by atoms with Crippen molar-refractivity contribution in [3.05, 3.63) is 194 Å². The van der Waals surface area contributed by atoms with E-state index in [1.54, 1.807) is 0 Å². The Morgan fingerprint density at radius 2 is 0.964 bits per heavy atom. The summed E-state index contributed by atoms with van der Waals surface area (Å²) in [6, 6.07) is 70.1. The van der Waals surface area contributed by atoms with E-state index in [2.05, 4.69) is 202 Å². The minimum Gasteiger partial charge on any atom is -0.309 e. The van der Waals surface area contributed by atoms with Crippen molar-refractivity contribution in [1.29, 1.82) is 0 Å². The molecule has 256 valence electrons. The zero-order chi connectivity index (χ0) is 36.0. The summed E-state index contributed by atoms with van der Waals surface area (Å²) in [6.45, 7) is 0. The van der Waals surface area contributed by atoms with E-state index in [9.17, 15) is 0 Å². The Hall–Kier alpha value is -7.43. The molecule has 4 heteroatoms. The van der Waals surface area contributed by atoms with E-state index in [0.717, 1.165) is 33.8 Å². The summed E-state index contributed by atoms with van der Waals surface area (Å²) in [6.07, 6.45) is 0. The molecule has 9 aromatic carbocycles. The molecule has 3 aromatic heterocycles. The van der Waals surface area contributed by atoms with Gasteiger partial charge >= 0.3 is 0 Å². The van der Waals surface area contributed by atoms with Crippen LogP contribution in [0.3, 0.4) is 0 Å². The highest BCUT2D eigenvalue weighted by Gasteiger charge is 2.21. The molecule has 0 fully saturated rings. The van der Waals surface area contributed by atoms with Crippen LogP contribution >= 0.6 is 0 Å². The van der Waals surface area contributed by atoms with Crippen molar-refractivity contribution in [2.24, 2.45) is 0 Å². The number of para-hydroxylation sites is 4. The number of aromatic nitrogens is 4. The number of fused-ring (bicyclic) bond motifs is 4. The van der Waals surface area contributed by atoms with E-state index in [1.165, 1.54) is 71.2 Å². The summed E-state index contributed by atoms with van der Waals surface area (Å²) < 4.78 is 7.11. The lowest BCUT2D eigenvalue weighted by atomic mass is 9.94. The van der Waals surface area contributed by atoms with Crippen LogP contribution in [0.4, 0.5) is 0 Å². The Balaban J connectivity index is 1.03. The number of nitrogens with zero attached hydrogens (tertiary/aromatic N) is 4. The number of hydrogen-bond donors (Lipinski definition) is 0. The lowest BCUT2D eigenvalue weighted by Crippen LogP contribution is -1.97. The van der Waals surface area contributed by atoms with Crippen LogP contribution in [0.15, 0.2) is 194 Å². The predicted molar refractivity (Wildman–Crippen MR) is 229 cm³/mol. The highest BCUT2D eigenvalue weighted by molar-refractivity contribution is 6.26. The predicted octanol–water partition coefficient (Wildman–Crippen LogP) is 13.1. The zero-order valence-electron chi connectivity index (χ0n) is 29.8. The maximum atomic E-state index is 5.06. The van der Waals surface area contributed by atoms with Crippen molar-refractivity contribution < 1.29 is 0 Å². The minimum atomic E-state index is 0.942. The van der Waals surface area contributed by atoms with Gasteiger partial charge in [0, 0.05) is 44.2 Å². The van der Waals surface area contributed by atoms with E-state index >= 15 is 0 Å². The number of rotatable bonds is 5. The monoisotopic (exact) mass is 700 g/mol. The molecule has 12 rings (SSSR count). The van der Waals surface area contributed by atoms with Crippen molar-refractivity contribution in [3.8, 4) is 39.6 Å². The van der Waals surface area contributed by atoms with Gasteiger partial charge in [-0.3, -0.25) is 4.57 Å². The van der Waals surface area contributed by atoms with Crippen LogP contribution in [-0.2, 0) is 0 Å². The second kappa shape index (κ2) is 11.5. The third-order valence-electron chi connectivity index (χ3n) is 11.4. The van der Waals surface area contributed by atoms with Gasteiger partial charge in [-0.15, -0.1) is 0 Å². The van der Waals surface area contributed by atoms with E-state index in [1.807, 2.05) is 6.07 Å². The Bertz CT molecular complexity index is 3400. The van der Waals surface area contributed by atoms with Crippen molar-refractivity contribution >= 4 is 65.4 Å². The first-order valence-corrected chi connectivity index (χ1v) is 18.8. The van der Waals surface area contributed by atoms with Gasteiger partial charge < -0.3 is 9.13 Å². The van der Waals surface area contributed by atoms with E-state index in [0.29, 0.717) is 0 Å². The topological polar surface area (TPSA) is 27.7 Å². The normalized spacial score (nSPS) is 12.0. The molecule has 55 heavy (non-hydrogen) atoms. The number of imidazole rings is 1. The lowest BCUT2D eigenvalue weighted by molar-refractivity contribution is 1.10. The van der Waals surface area contributed by atoms with Crippen LogP contribution in [-0.4, -0.2) is 18.7 Å². The molecule has 0 N–H and O–H groups in total. The van der Waals surface area contributed by atoms with Crippen LogP contribution < -0.4 is 0 Å². The first-order valence-electron chi connectivity index (χ1n) is 18.8. The van der Waals surface area contributed by atoms with Crippen LogP contribution in [0.1, 0.15) is 0 Å². The van der Waals surface area contributed by atoms with Gasteiger partial charge in [0.15, 0.2) is 0 Å². The summed E-state index contributed by atoms with van der Waals surface area (Å²) in [5.41, 5.74) is 13.8. The molecule has 4 nitrogen and oxygen atoms in total. The van der Waals surface area contributed by atoms with Gasteiger partial charge in [0.1, 0.15) is 5.82 Å². The SMILES string of the molecule is c1ccc(-c2nc3ccccc3n2-c2ccc(-c3ccc4c5c3ccc3cccc(c35)n4-c3ccc4c(c3)c3ccccc3n4-c3ccccc3)cc2)cc1. The molecule has 0 aliphatic heterocycles. The largest absolute Gasteiger partial charge is 0.309 e. The van der Waals surface area contributed by atoms with E-state index in [4.69, 9.17) is 4.98 Å². The minimum absolute atomic E-state index is 0.942. The quantitative estimate of drug-likeness (QED) is 0.164. The highest BCUT2D eigenvalue weighted by atomic mass is 15.1. The second-order valence-electron chi connectivity index (χ2n) is 14.4. The molecular weight excluding hydrogens is 669 g/mol. The van der Waals surface area contributed by atoms with Gasteiger partial charge in [0.2, 0.25) is 0 Å². The maximum absolute atomic E-state index is 5.06. The van der Waals surface area contributed by atoms with Gasteiger partial charge in [-0.25, -0.2) is 4.98 Å². The lowest BCUT2D eigenvalue weighted by Gasteiger charge is -2.13. The van der Waals surface area contributed by atoms with E-state index in [-0.39, 0.29) is 0 Å². The molecule has 0 radical (unpaired) electrons. The van der Waals surface area contributed by atoms with Crippen LogP contribution in [0, 0.1) is 0 Å². The standard InChI is InChI=1S/C51H32N4/c1-3-12-35(13-4-1)51-52-43-18-8-10-20-46(43)55(51)37-25-22-33(23-26-37)39-29-31-48-50-41(39)28-24-34-14-11-21-47(49(34)50)54(48)38-27-30-45-42(32-38)40-17-7-9-19-44(40)53(45)36-15-5-2-6-16-36/h1-32H. The zero-order valence-corrected chi connectivity index (χ0v) is 29.8. The van der Waals surface area contributed by atoms with Gasteiger partial charge in [-0.1, -0.05) is 121 Å². The van der Waals surface area contributed by atoms with Crippen LogP contribution in [0.5, 0.6) is 0 Å². The van der Waals surface area contributed by atoms with Crippen molar-refractivity contribution in [1.82, 2.24) is 18.7 Å². The number of benzene rings is 9. The van der Waals surface area contributed by atoms with Gasteiger partial charge in [0.25, 0.3) is 0 Å². The average molecular weight is 701 g/mol. The Morgan fingerprint density at radius 3 is 1.82 bits per heavy atom. The van der Waals surface area contributed by atoms with Crippen molar-refractivity contribution in [2.75, 3.05) is 0 Å². The smallest absolute Gasteiger partial charge is 0.145 e. The summed E-state index contributed by atoms with van der Waals surface area (Å²) in [4.78, 5) is 5.06. The van der Waals surface area contributed by atoms with Crippen molar-refractivity contribution in [2.45, 2.75) is 0 Å². The molecule has 0 saturated carbocycles. The Kier molecular flexibility index (Phi) is 6.31. The third-order valence-corrected chi connectivity index (χ3v) is 11.4. The molecule has 0 aliphatic rings. The summed E-state index contributed by atoms with van der Waals surface area (Å²) >= 11 is 0. The molecule has 0 spiro atoms. The summed E-state index contributed by atoms with van der Waals surface area (Å²) in [5, 5.41) is 7.61.